The zero-order chi connectivity index (χ0) is 20.5. The monoisotopic (exact) mass is 471 g/mol. The number of nitrogens with zero attached hydrogens (tertiary/aromatic N) is 2. The van der Waals surface area contributed by atoms with Crippen molar-refractivity contribution in [3.63, 3.8) is 0 Å². The van der Waals surface area contributed by atoms with E-state index in [2.05, 4.69) is 31.2 Å². The number of aromatic nitrogens is 1. The lowest BCUT2D eigenvalue weighted by molar-refractivity contribution is -0.119. The maximum Gasteiger partial charge on any atom is 0.235 e. The highest BCUT2D eigenvalue weighted by Crippen LogP contribution is 2.43. The van der Waals surface area contributed by atoms with E-state index >= 15 is 0 Å². The van der Waals surface area contributed by atoms with Crippen LogP contribution < -0.4 is 5.32 Å². The normalized spacial score (nSPS) is 21.5. The lowest BCUT2D eigenvalue weighted by Crippen LogP contribution is -2.39. The van der Waals surface area contributed by atoms with E-state index in [1.165, 1.54) is 0 Å². The van der Waals surface area contributed by atoms with Gasteiger partial charge in [-0.1, -0.05) is 23.7 Å². The van der Waals surface area contributed by atoms with Gasteiger partial charge in [-0.3, -0.25) is 14.6 Å². The number of carbonyl (C=O) groups excluding carboxylic acids is 2. The van der Waals surface area contributed by atoms with Crippen LogP contribution in [-0.2, 0) is 9.59 Å². The predicted octanol–water partition coefficient (Wildman–Crippen LogP) is 5.32. The number of allylic oxidation sites excluding steroid dienone is 2. The molecule has 2 aromatic rings. The summed E-state index contributed by atoms with van der Waals surface area (Å²) < 4.78 is 0.826. The highest BCUT2D eigenvalue weighted by atomic mass is 79.9. The highest BCUT2D eigenvalue weighted by molar-refractivity contribution is 9.10. The molecule has 7 heteroatoms. The van der Waals surface area contributed by atoms with Gasteiger partial charge >= 0.3 is 0 Å². The molecular formula is C22H19BrClN3O2. The molecule has 1 aliphatic carbocycles. The van der Waals surface area contributed by atoms with Gasteiger partial charge in [0.15, 0.2) is 5.78 Å². The third kappa shape index (κ3) is 4.05. The number of hydrogen-bond donors (Lipinski definition) is 1. The molecule has 1 unspecified atom stereocenters. The summed E-state index contributed by atoms with van der Waals surface area (Å²) in [6, 6.07) is 10.9. The van der Waals surface area contributed by atoms with E-state index in [4.69, 9.17) is 11.6 Å². The van der Waals surface area contributed by atoms with Crippen molar-refractivity contribution < 1.29 is 9.59 Å². The largest absolute Gasteiger partial charge is 0.310 e. The third-order valence-corrected chi connectivity index (χ3v) is 6.05. The summed E-state index contributed by atoms with van der Waals surface area (Å²) in [5.74, 6) is -0.686. The molecule has 29 heavy (non-hydrogen) atoms. The van der Waals surface area contributed by atoms with Crippen molar-refractivity contribution in [3.05, 3.63) is 68.9 Å². The van der Waals surface area contributed by atoms with Crippen LogP contribution in [0, 0.1) is 5.92 Å². The second kappa shape index (κ2) is 8.20. The van der Waals surface area contributed by atoms with Gasteiger partial charge in [-0.25, -0.2) is 4.98 Å². The Kier molecular flexibility index (Phi) is 5.65. The molecule has 2 atom stereocenters. The molecule has 5 nitrogen and oxygen atoms in total. The van der Waals surface area contributed by atoms with Crippen LogP contribution in [0.4, 0.5) is 5.82 Å². The number of benzene rings is 1. The lowest BCUT2D eigenvalue weighted by atomic mass is 9.71. The van der Waals surface area contributed by atoms with Gasteiger partial charge in [-0.2, -0.15) is 0 Å². The Balaban J connectivity index is 1.76. The van der Waals surface area contributed by atoms with Gasteiger partial charge in [0.1, 0.15) is 5.82 Å². The van der Waals surface area contributed by atoms with Crippen LogP contribution in [0.25, 0.3) is 0 Å². The maximum atomic E-state index is 13.3. The van der Waals surface area contributed by atoms with Gasteiger partial charge in [0.25, 0.3) is 0 Å². The number of halogens is 2. The van der Waals surface area contributed by atoms with Crippen LogP contribution in [0.15, 0.2) is 63.3 Å². The van der Waals surface area contributed by atoms with Crippen molar-refractivity contribution in [2.24, 2.45) is 10.9 Å². The van der Waals surface area contributed by atoms with Crippen LogP contribution in [-0.4, -0.2) is 22.4 Å². The van der Waals surface area contributed by atoms with Crippen molar-refractivity contribution in [1.29, 1.82) is 0 Å². The van der Waals surface area contributed by atoms with Crippen molar-refractivity contribution in [3.8, 4) is 0 Å². The van der Waals surface area contributed by atoms with Crippen molar-refractivity contribution in [2.75, 3.05) is 5.32 Å². The van der Waals surface area contributed by atoms with Gasteiger partial charge in [0.05, 0.1) is 5.92 Å². The minimum Gasteiger partial charge on any atom is -0.310 e. The Labute approximate surface area is 182 Å². The molecule has 1 aliphatic heterocycles. The van der Waals surface area contributed by atoms with E-state index in [-0.39, 0.29) is 17.6 Å². The van der Waals surface area contributed by atoms with Crippen molar-refractivity contribution in [2.45, 2.75) is 32.1 Å². The molecule has 1 amide bonds. The molecule has 4 rings (SSSR count). The van der Waals surface area contributed by atoms with Crippen molar-refractivity contribution in [1.82, 2.24) is 4.98 Å². The molecule has 0 bridgehead atoms. The molecule has 148 valence electrons. The standard InChI is InChI=1S/C22H19BrClN3O2/c1-12-19(22(29)27-18-10-7-14(23)11-25-18)20(13-5-8-15(24)9-6-13)21-16(26-12)3-2-4-17(21)28/h5-11,19-20H,2-4H2,1H3,(H,25,27,29)/t19?,20-/m1/s1. The van der Waals surface area contributed by atoms with Crippen LogP contribution in [0.2, 0.25) is 5.02 Å². The minimum atomic E-state index is -0.595. The van der Waals surface area contributed by atoms with Gasteiger partial charge in [0.2, 0.25) is 5.91 Å². The summed E-state index contributed by atoms with van der Waals surface area (Å²) in [7, 11) is 0. The van der Waals surface area contributed by atoms with E-state index in [1.54, 1.807) is 24.4 Å². The first-order valence-electron chi connectivity index (χ1n) is 9.43. The van der Waals surface area contributed by atoms with E-state index in [0.29, 0.717) is 28.5 Å². The predicted molar refractivity (Wildman–Crippen MR) is 117 cm³/mol. The molecular weight excluding hydrogens is 454 g/mol. The average Bonchev–Trinajstić information content (AvgIpc) is 2.69. The van der Waals surface area contributed by atoms with Gasteiger partial charge in [0, 0.05) is 45.0 Å². The molecule has 0 saturated carbocycles. The molecule has 1 N–H and O–H groups in total. The second-order valence-corrected chi connectivity index (χ2v) is 8.60. The number of anilines is 1. The zero-order valence-corrected chi connectivity index (χ0v) is 18.1. The number of Topliss-reactive ketones (excluding diaryl/α,β-unsaturated/α-hetero) is 1. The quantitative estimate of drug-likeness (QED) is 0.657. The smallest absolute Gasteiger partial charge is 0.235 e. The SMILES string of the molecule is CC1=NC2=C(C(=O)CCC2)[C@H](c2ccc(Cl)cc2)C1C(=O)Nc1ccc(Br)cn1. The fourth-order valence-electron chi connectivity index (χ4n) is 4.03. The number of hydrogen-bond acceptors (Lipinski definition) is 4. The molecule has 2 aliphatic rings. The molecule has 1 aromatic carbocycles. The summed E-state index contributed by atoms with van der Waals surface area (Å²) in [5.41, 5.74) is 3.06. The molecule has 1 aromatic heterocycles. The Morgan fingerprint density at radius 1 is 1.17 bits per heavy atom. The molecule has 0 fully saturated rings. The van der Waals surface area contributed by atoms with E-state index in [0.717, 1.165) is 28.6 Å². The van der Waals surface area contributed by atoms with Crippen LogP contribution >= 0.6 is 27.5 Å². The molecule has 2 heterocycles. The Morgan fingerprint density at radius 3 is 2.62 bits per heavy atom. The van der Waals surface area contributed by atoms with Crippen LogP contribution in [0.3, 0.4) is 0 Å². The first-order valence-corrected chi connectivity index (χ1v) is 10.6. The Hall–Kier alpha value is -2.31. The number of ketones is 1. The summed E-state index contributed by atoms with van der Waals surface area (Å²) in [4.78, 5) is 35.0. The summed E-state index contributed by atoms with van der Waals surface area (Å²) in [6.45, 7) is 1.85. The van der Waals surface area contributed by atoms with Crippen LogP contribution in [0.1, 0.15) is 37.7 Å². The lowest BCUT2D eigenvalue weighted by Gasteiger charge is -2.35. The first-order chi connectivity index (χ1) is 13.9. The molecule has 0 spiro atoms. The van der Waals surface area contributed by atoms with E-state index in [1.807, 2.05) is 25.1 Å². The van der Waals surface area contributed by atoms with Gasteiger partial charge in [-0.05, 0) is 65.5 Å². The fourth-order valence-corrected chi connectivity index (χ4v) is 4.39. The Morgan fingerprint density at radius 2 is 1.93 bits per heavy atom. The first kappa shape index (κ1) is 20.0. The molecule has 0 saturated heterocycles. The van der Waals surface area contributed by atoms with Crippen LogP contribution in [0.5, 0.6) is 0 Å². The van der Waals surface area contributed by atoms with Gasteiger partial charge in [-0.15, -0.1) is 0 Å². The van der Waals surface area contributed by atoms with E-state index < -0.39 is 5.92 Å². The zero-order valence-electron chi connectivity index (χ0n) is 15.8. The third-order valence-electron chi connectivity index (χ3n) is 5.32. The number of nitrogens with one attached hydrogen (secondary N) is 1. The number of carbonyl (C=O) groups is 2. The Bertz CT molecular complexity index is 1030. The van der Waals surface area contributed by atoms with Crippen molar-refractivity contribution >= 4 is 50.8 Å². The van der Waals surface area contributed by atoms with E-state index in [9.17, 15) is 9.59 Å². The summed E-state index contributed by atoms with van der Waals surface area (Å²) in [6.07, 6.45) is 3.66. The highest BCUT2D eigenvalue weighted by Gasteiger charge is 2.42. The average molecular weight is 473 g/mol. The summed E-state index contributed by atoms with van der Waals surface area (Å²) in [5, 5.41) is 3.49. The minimum absolute atomic E-state index is 0.0713. The second-order valence-electron chi connectivity index (χ2n) is 7.25. The number of rotatable bonds is 3. The number of aliphatic imine (C=N–C) groups is 1. The van der Waals surface area contributed by atoms with Gasteiger partial charge < -0.3 is 5.32 Å². The maximum absolute atomic E-state index is 13.3. The summed E-state index contributed by atoms with van der Waals surface area (Å²) >= 11 is 9.41. The topological polar surface area (TPSA) is 71.4 Å². The fraction of sp³-hybridized carbons (Fsp3) is 0.273. The molecule has 0 radical (unpaired) electrons. The number of pyridine rings is 1. The number of amides is 1.